The Kier molecular flexibility index (Phi) is 7.12. The summed E-state index contributed by atoms with van der Waals surface area (Å²) in [6.07, 6.45) is 4.98. The maximum absolute atomic E-state index is 13.3. The molecule has 0 spiro atoms. The van der Waals surface area contributed by atoms with E-state index < -0.39 is 5.82 Å². The Bertz CT molecular complexity index is 1050. The lowest BCUT2D eigenvalue weighted by molar-refractivity contribution is -0.131. The average Bonchev–Trinajstić information content (AvgIpc) is 2.81. The normalized spacial score (nSPS) is 15.9. The van der Waals surface area contributed by atoms with Crippen LogP contribution in [0.4, 0.5) is 10.1 Å². The van der Waals surface area contributed by atoms with Crippen LogP contribution in [0.5, 0.6) is 5.75 Å². The monoisotopic (exact) mass is 458 g/mol. The van der Waals surface area contributed by atoms with Crippen molar-refractivity contribution in [2.45, 2.75) is 32.2 Å². The van der Waals surface area contributed by atoms with Crippen molar-refractivity contribution in [1.29, 1.82) is 0 Å². The summed E-state index contributed by atoms with van der Waals surface area (Å²) in [6.45, 7) is 2.22. The molecule has 2 aromatic rings. The molecule has 1 N–H and O–H groups in total. The second-order valence-electron chi connectivity index (χ2n) is 7.84. The quantitative estimate of drug-likeness (QED) is 0.683. The van der Waals surface area contributed by atoms with E-state index in [0.717, 1.165) is 25.9 Å². The summed E-state index contributed by atoms with van der Waals surface area (Å²) in [7, 11) is 0. The molecule has 2 aliphatic heterocycles. The fourth-order valence-electron chi connectivity index (χ4n) is 3.81. The zero-order valence-electron chi connectivity index (χ0n) is 17.6. The average molecular weight is 459 g/mol. The van der Waals surface area contributed by atoms with Crippen LogP contribution >= 0.6 is 11.6 Å². The Morgan fingerprint density at radius 1 is 1.22 bits per heavy atom. The molecule has 32 heavy (non-hydrogen) atoms. The first-order chi connectivity index (χ1) is 15.5. The molecule has 9 heteroatoms. The van der Waals surface area contributed by atoms with Gasteiger partial charge in [-0.1, -0.05) is 11.6 Å². The number of rotatable bonds is 7. The number of piperidine rings is 1. The lowest BCUT2D eigenvalue weighted by Crippen LogP contribution is -2.41. The van der Waals surface area contributed by atoms with Crippen molar-refractivity contribution in [2.24, 2.45) is 4.99 Å². The minimum absolute atomic E-state index is 0.0360. The molecule has 0 radical (unpaired) electrons. The molecule has 7 nitrogen and oxygen atoms in total. The number of ketones is 1. The third-order valence-electron chi connectivity index (χ3n) is 5.51. The number of aliphatic imine (C=N–C) groups is 1. The van der Waals surface area contributed by atoms with Gasteiger partial charge in [0, 0.05) is 37.5 Å². The molecule has 3 heterocycles. The second kappa shape index (κ2) is 10.2. The Hall–Kier alpha value is -2.84. The first kappa shape index (κ1) is 22.4. The van der Waals surface area contributed by atoms with Crippen LogP contribution in [-0.2, 0) is 11.3 Å². The minimum atomic E-state index is -0.528. The van der Waals surface area contributed by atoms with Crippen LogP contribution in [0, 0.1) is 5.82 Å². The fourth-order valence-corrected chi connectivity index (χ4v) is 3.98. The molecule has 0 saturated carbocycles. The standard InChI is InChI=1S/C23H24ClFN4O3/c24-18-11-16(4-5-19(18)25)32-14-15-10-21(30)17-6-7-27-20(23(17)28-15)12-26-13-22(31)29-8-2-1-3-9-29/h4-7,11,26H,1-3,8-10,12-14H2. The van der Waals surface area contributed by atoms with Crippen molar-refractivity contribution in [3.8, 4) is 5.75 Å². The van der Waals surface area contributed by atoms with E-state index in [9.17, 15) is 14.0 Å². The van der Waals surface area contributed by atoms with Gasteiger partial charge in [0.05, 0.1) is 35.1 Å². The van der Waals surface area contributed by atoms with E-state index >= 15 is 0 Å². The number of pyridine rings is 1. The van der Waals surface area contributed by atoms with Gasteiger partial charge >= 0.3 is 0 Å². The maximum Gasteiger partial charge on any atom is 0.236 e. The lowest BCUT2D eigenvalue weighted by Gasteiger charge is -2.26. The van der Waals surface area contributed by atoms with Gasteiger partial charge in [-0.05, 0) is 37.5 Å². The summed E-state index contributed by atoms with van der Waals surface area (Å²) in [4.78, 5) is 35.8. The van der Waals surface area contributed by atoms with Gasteiger partial charge in [-0.3, -0.25) is 19.6 Å². The van der Waals surface area contributed by atoms with Crippen LogP contribution in [-0.4, -0.2) is 53.5 Å². The molecule has 4 rings (SSSR count). The van der Waals surface area contributed by atoms with E-state index in [0.29, 0.717) is 35.0 Å². The largest absolute Gasteiger partial charge is 0.488 e. The number of carbonyl (C=O) groups is 2. The Balaban J connectivity index is 1.41. The van der Waals surface area contributed by atoms with Gasteiger partial charge in [-0.15, -0.1) is 0 Å². The number of likely N-dealkylation sites (tertiary alicyclic amines) is 1. The Morgan fingerprint density at radius 3 is 2.81 bits per heavy atom. The molecule has 0 atom stereocenters. The Labute approximate surface area is 190 Å². The third kappa shape index (κ3) is 5.31. The molecular weight excluding hydrogens is 435 g/mol. The number of nitrogens with one attached hydrogen (secondary N) is 1. The van der Waals surface area contributed by atoms with Gasteiger partial charge in [-0.25, -0.2) is 4.39 Å². The first-order valence-corrected chi connectivity index (χ1v) is 11.0. The topological polar surface area (TPSA) is 83.9 Å². The molecule has 0 aliphatic carbocycles. The summed E-state index contributed by atoms with van der Waals surface area (Å²) in [5, 5.41) is 3.10. The van der Waals surface area contributed by atoms with E-state index in [2.05, 4.69) is 15.3 Å². The molecule has 1 aromatic carbocycles. The SMILES string of the molecule is O=C1CC(COc2ccc(F)c(Cl)c2)=Nc2c1ccnc2CNCC(=O)N1CCCCC1. The number of amides is 1. The van der Waals surface area contributed by atoms with Gasteiger partial charge in [-0.2, -0.15) is 0 Å². The number of fused-ring (bicyclic) bond motifs is 1. The van der Waals surface area contributed by atoms with Crippen LogP contribution in [0.1, 0.15) is 41.7 Å². The van der Waals surface area contributed by atoms with Crippen molar-refractivity contribution in [3.63, 3.8) is 0 Å². The van der Waals surface area contributed by atoms with Crippen LogP contribution in [0.2, 0.25) is 5.02 Å². The summed E-state index contributed by atoms with van der Waals surface area (Å²) < 4.78 is 19.0. The van der Waals surface area contributed by atoms with Crippen molar-refractivity contribution in [3.05, 3.63) is 52.6 Å². The predicted molar refractivity (Wildman–Crippen MR) is 119 cm³/mol. The molecule has 0 bridgehead atoms. The van der Waals surface area contributed by atoms with Gasteiger partial charge in [0.25, 0.3) is 0 Å². The van der Waals surface area contributed by atoms with E-state index in [1.54, 1.807) is 12.3 Å². The summed E-state index contributed by atoms with van der Waals surface area (Å²) in [5.41, 5.74) is 2.15. The molecule has 2 aliphatic rings. The van der Waals surface area contributed by atoms with Gasteiger partial charge in [0.2, 0.25) is 5.91 Å². The zero-order chi connectivity index (χ0) is 22.5. The maximum atomic E-state index is 13.3. The van der Waals surface area contributed by atoms with Crippen LogP contribution in [0.15, 0.2) is 35.5 Å². The number of nitrogens with zero attached hydrogens (tertiary/aromatic N) is 3. The number of Topliss-reactive ketones (excluding diaryl/α,β-unsaturated/α-hetero) is 1. The number of hydrogen-bond donors (Lipinski definition) is 1. The minimum Gasteiger partial charge on any atom is -0.488 e. The van der Waals surface area contributed by atoms with Crippen LogP contribution < -0.4 is 10.1 Å². The van der Waals surface area contributed by atoms with Crippen molar-refractivity contribution >= 4 is 34.7 Å². The highest BCUT2D eigenvalue weighted by Gasteiger charge is 2.23. The molecule has 1 aromatic heterocycles. The number of benzene rings is 1. The lowest BCUT2D eigenvalue weighted by atomic mass is 10.00. The number of carbonyl (C=O) groups excluding carboxylic acids is 2. The fraction of sp³-hybridized carbons (Fsp3) is 0.391. The highest BCUT2D eigenvalue weighted by atomic mass is 35.5. The molecular formula is C23H24ClFN4O3. The van der Waals surface area contributed by atoms with Crippen molar-refractivity contribution in [2.75, 3.05) is 26.2 Å². The third-order valence-corrected chi connectivity index (χ3v) is 5.80. The van der Waals surface area contributed by atoms with Gasteiger partial charge in [0.15, 0.2) is 5.78 Å². The molecule has 1 fully saturated rings. The Morgan fingerprint density at radius 2 is 2.03 bits per heavy atom. The van der Waals surface area contributed by atoms with Crippen LogP contribution in [0.3, 0.4) is 0 Å². The predicted octanol–water partition coefficient (Wildman–Crippen LogP) is 3.71. The second-order valence-corrected chi connectivity index (χ2v) is 8.25. The molecule has 1 amide bonds. The number of aromatic nitrogens is 1. The van der Waals surface area contributed by atoms with Crippen molar-refractivity contribution in [1.82, 2.24) is 15.2 Å². The van der Waals surface area contributed by atoms with Crippen LogP contribution in [0.25, 0.3) is 0 Å². The number of hydrogen-bond acceptors (Lipinski definition) is 6. The highest BCUT2D eigenvalue weighted by Crippen LogP contribution is 2.29. The summed E-state index contributed by atoms with van der Waals surface area (Å²) >= 11 is 5.78. The number of halogens is 2. The molecule has 1 saturated heterocycles. The highest BCUT2D eigenvalue weighted by molar-refractivity contribution is 6.30. The molecule has 0 unspecified atom stereocenters. The van der Waals surface area contributed by atoms with Crippen molar-refractivity contribution < 1.29 is 18.7 Å². The number of ether oxygens (including phenoxy) is 1. The smallest absolute Gasteiger partial charge is 0.236 e. The van der Waals surface area contributed by atoms with E-state index in [1.165, 1.54) is 24.6 Å². The first-order valence-electron chi connectivity index (χ1n) is 10.6. The van der Waals surface area contributed by atoms with E-state index in [1.807, 2.05) is 4.90 Å². The van der Waals surface area contributed by atoms with Gasteiger partial charge < -0.3 is 15.0 Å². The zero-order valence-corrected chi connectivity index (χ0v) is 18.3. The summed E-state index contributed by atoms with van der Waals surface area (Å²) in [6, 6.07) is 5.73. The molecule has 168 valence electrons. The van der Waals surface area contributed by atoms with Gasteiger partial charge in [0.1, 0.15) is 18.2 Å². The summed E-state index contributed by atoms with van der Waals surface area (Å²) in [5.74, 6) is -0.137. The van der Waals surface area contributed by atoms with E-state index in [4.69, 9.17) is 16.3 Å². The van der Waals surface area contributed by atoms with E-state index in [-0.39, 0.29) is 36.3 Å².